The lowest BCUT2D eigenvalue weighted by Crippen LogP contribution is -2.51. The highest BCUT2D eigenvalue weighted by Crippen LogP contribution is 2.43. The molecule has 5 heteroatoms. The number of amides is 1. The van der Waals surface area contributed by atoms with Gasteiger partial charge >= 0.3 is 5.97 Å². The normalized spacial score (nSPS) is 26.5. The van der Waals surface area contributed by atoms with E-state index < -0.39 is 12.0 Å². The molecule has 102 valence electrons. The molecule has 2 rings (SSSR count). The highest BCUT2D eigenvalue weighted by Gasteiger charge is 2.41. The van der Waals surface area contributed by atoms with E-state index in [-0.39, 0.29) is 11.3 Å². The number of nitrogens with zero attached hydrogens (tertiary/aromatic N) is 1. The minimum absolute atomic E-state index is 0.0211. The van der Waals surface area contributed by atoms with Gasteiger partial charge in [-0.2, -0.15) is 0 Å². The second-order valence-electron chi connectivity index (χ2n) is 5.67. The van der Waals surface area contributed by atoms with E-state index in [0.717, 1.165) is 32.1 Å². The first-order valence-corrected chi connectivity index (χ1v) is 6.80. The van der Waals surface area contributed by atoms with E-state index in [1.807, 2.05) is 0 Å². The van der Waals surface area contributed by atoms with E-state index in [0.29, 0.717) is 25.9 Å². The fraction of sp³-hybridized carbons (Fsp3) is 0.846. The van der Waals surface area contributed by atoms with Crippen LogP contribution in [0.2, 0.25) is 0 Å². The number of piperidine rings is 1. The molecule has 0 spiro atoms. The van der Waals surface area contributed by atoms with E-state index in [1.165, 1.54) is 0 Å². The predicted octanol–water partition coefficient (Wildman–Crippen LogP) is 0.971. The summed E-state index contributed by atoms with van der Waals surface area (Å²) in [6, 6.07) is -0.624. The molecule has 1 amide bonds. The number of carbonyl (C=O) groups is 2. The fourth-order valence-corrected chi connectivity index (χ4v) is 3.04. The predicted molar refractivity (Wildman–Crippen MR) is 66.9 cm³/mol. The van der Waals surface area contributed by atoms with Crippen molar-refractivity contribution in [1.29, 1.82) is 0 Å². The summed E-state index contributed by atoms with van der Waals surface area (Å²) in [6.45, 7) is 1.11. The SMILES string of the molecule is NCC1(CC(=O)N2CCCC[C@@H]2C(=O)O)CCC1. The average Bonchev–Trinajstić information content (AvgIpc) is 2.33. The van der Waals surface area contributed by atoms with E-state index in [1.54, 1.807) is 4.90 Å². The Morgan fingerprint density at radius 3 is 2.50 bits per heavy atom. The number of hydrogen-bond donors (Lipinski definition) is 2. The Kier molecular flexibility index (Phi) is 3.90. The van der Waals surface area contributed by atoms with Crippen molar-refractivity contribution in [2.45, 2.75) is 51.0 Å². The summed E-state index contributed by atoms with van der Waals surface area (Å²) in [4.78, 5) is 25.0. The molecular weight excluding hydrogens is 232 g/mol. The third kappa shape index (κ3) is 2.51. The fourth-order valence-electron chi connectivity index (χ4n) is 3.04. The molecule has 1 atom stereocenters. The van der Waals surface area contributed by atoms with Crippen LogP contribution in [0.25, 0.3) is 0 Å². The van der Waals surface area contributed by atoms with Crippen molar-refractivity contribution in [2.24, 2.45) is 11.1 Å². The first-order valence-electron chi connectivity index (χ1n) is 6.80. The molecule has 1 aliphatic carbocycles. The quantitative estimate of drug-likeness (QED) is 0.783. The number of carboxylic acid groups (broad SMARTS) is 1. The van der Waals surface area contributed by atoms with Gasteiger partial charge in [-0.3, -0.25) is 4.79 Å². The number of nitrogens with two attached hydrogens (primary N) is 1. The molecule has 18 heavy (non-hydrogen) atoms. The highest BCUT2D eigenvalue weighted by molar-refractivity contribution is 5.84. The van der Waals surface area contributed by atoms with Gasteiger partial charge in [-0.05, 0) is 44.1 Å². The van der Waals surface area contributed by atoms with Crippen LogP contribution >= 0.6 is 0 Å². The molecule has 3 N–H and O–H groups in total. The van der Waals surface area contributed by atoms with Crippen molar-refractivity contribution in [3.63, 3.8) is 0 Å². The molecule has 0 aromatic heterocycles. The Morgan fingerprint density at radius 1 is 1.28 bits per heavy atom. The molecule has 0 unspecified atom stereocenters. The lowest BCUT2D eigenvalue weighted by atomic mass is 9.66. The Balaban J connectivity index is 2.00. The van der Waals surface area contributed by atoms with Gasteiger partial charge in [0.1, 0.15) is 6.04 Å². The van der Waals surface area contributed by atoms with Crippen molar-refractivity contribution in [3.8, 4) is 0 Å². The summed E-state index contributed by atoms with van der Waals surface area (Å²) in [5.41, 5.74) is 5.71. The van der Waals surface area contributed by atoms with Gasteiger partial charge in [-0.15, -0.1) is 0 Å². The van der Waals surface area contributed by atoms with Crippen LogP contribution in [0.5, 0.6) is 0 Å². The summed E-state index contributed by atoms with van der Waals surface area (Å²) in [7, 11) is 0. The van der Waals surface area contributed by atoms with Crippen LogP contribution in [0.15, 0.2) is 0 Å². The van der Waals surface area contributed by atoms with Crippen LogP contribution in [-0.4, -0.2) is 41.0 Å². The van der Waals surface area contributed by atoms with Crippen LogP contribution in [0.4, 0.5) is 0 Å². The zero-order valence-corrected chi connectivity index (χ0v) is 10.7. The van der Waals surface area contributed by atoms with Crippen LogP contribution in [0.1, 0.15) is 44.9 Å². The molecule has 0 radical (unpaired) electrons. The van der Waals surface area contributed by atoms with Crippen LogP contribution in [0, 0.1) is 5.41 Å². The molecule has 0 aromatic rings. The third-order valence-corrected chi connectivity index (χ3v) is 4.48. The first-order chi connectivity index (χ1) is 8.58. The Morgan fingerprint density at radius 2 is 2.00 bits per heavy atom. The molecule has 2 aliphatic rings. The lowest BCUT2D eigenvalue weighted by molar-refractivity contribution is -0.153. The Hall–Kier alpha value is -1.10. The number of likely N-dealkylation sites (tertiary alicyclic amines) is 1. The smallest absolute Gasteiger partial charge is 0.326 e. The van der Waals surface area contributed by atoms with Gasteiger partial charge in [0.05, 0.1) is 0 Å². The maximum Gasteiger partial charge on any atom is 0.326 e. The van der Waals surface area contributed by atoms with Gasteiger partial charge in [0.2, 0.25) is 5.91 Å². The Labute approximate surface area is 107 Å². The van der Waals surface area contributed by atoms with Crippen molar-refractivity contribution >= 4 is 11.9 Å². The standard InChI is InChI=1S/C13H22N2O3/c14-9-13(5-3-6-13)8-11(16)15-7-2-1-4-10(15)12(17)18/h10H,1-9,14H2,(H,17,18)/t10-/m1/s1. The van der Waals surface area contributed by atoms with Gasteiger partial charge < -0.3 is 15.7 Å². The summed E-state index contributed by atoms with van der Waals surface area (Å²) >= 11 is 0. The maximum atomic E-state index is 12.3. The van der Waals surface area contributed by atoms with E-state index in [4.69, 9.17) is 10.8 Å². The monoisotopic (exact) mass is 254 g/mol. The maximum absolute atomic E-state index is 12.3. The Bertz CT molecular complexity index is 334. The van der Waals surface area contributed by atoms with Crippen LogP contribution < -0.4 is 5.73 Å². The number of aliphatic carboxylic acids is 1. The zero-order chi connectivity index (χ0) is 13.2. The number of carbonyl (C=O) groups excluding carboxylic acids is 1. The summed E-state index contributed by atoms with van der Waals surface area (Å²) in [5.74, 6) is -0.897. The molecule has 0 aromatic carbocycles. The van der Waals surface area contributed by atoms with Gasteiger partial charge in [-0.1, -0.05) is 6.42 Å². The van der Waals surface area contributed by atoms with Gasteiger partial charge in [0.15, 0.2) is 0 Å². The molecule has 1 saturated heterocycles. The first kappa shape index (κ1) is 13.3. The van der Waals surface area contributed by atoms with E-state index in [9.17, 15) is 9.59 Å². The largest absolute Gasteiger partial charge is 0.480 e. The van der Waals surface area contributed by atoms with Crippen molar-refractivity contribution in [2.75, 3.05) is 13.1 Å². The molecule has 2 fully saturated rings. The lowest BCUT2D eigenvalue weighted by Gasteiger charge is -2.43. The molecule has 1 saturated carbocycles. The number of rotatable bonds is 4. The second-order valence-corrected chi connectivity index (χ2v) is 5.67. The van der Waals surface area contributed by atoms with Crippen molar-refractivity contribution in [3.05, 3.63) is 0 Å². The van der Waals surface area contributed by atoms with Crippen molar-refractivity contribution in [1.82, 2.24) is 4.90 Å². The summed E-state index contributed by atoms with van der Waals surface area (Å²) in [5, 5.41) is 9.17. The zero-order valence-electron chi connectivity index (χ0n) is 10.7. The van der Waals surface area contributed by atoms with E-state index >= 15 is 0 Å². The number of carboxylic acids is 1. The van der Waals surface area contributed by atoms with Crippen LogP contribution in [-0.2, 0) is 9.59 Å². The molecule has 1 aliphatic heterocycles. The topological polar surface area (TPSA) is 83.6 Å². The molecule has 1 heterocycles. The molecule has 0 bridgehead atoms. The third-order valence-electron chi connectivity index (χ3n) is 4.48. The highest BCUT2D eigenvalue weighted by atomic mass is 16.4. The summed E-state index contributed by atoms with van der Waals surface area (Å²) < 4.78 is 0. The second kappa shape index (κ2) is 5.26. The summed E-state index contributed by atoms with van der Waals surface area (Å²) in [6.07, 6.45) is 5.94. The number of hydrogen-bond acceptors (Lipinski definition) is 3. The minimum atomic E-state index is -0.876. The molecule has 5 nitrogen and oxygen atoms in total. The van der Waals surface area contributed by atoms with Gasteiger partial charge in [0, 0.05) is 13.0 Å². The van der Waals surface area contributed by atoms with E-state index in [2.05, 4.69) is 0 Å². The molecular formula is C13H22N2O3. The van der Waals surface area contributed by atoms with Gasteiger partial charge in [-0.25, -0.2) is 4.79 Å². The van der Waals surface area contributed by atoms with Crippen LogP contribution in [0.3, 0.4) is 0 Å². The van der Waals surface area contributed by atoms with Crippen molar-refractivity contribution < 1.29 is 14.7 Å². The average molecular weight is 254 g/mol. The minimum Gasteiger partial charge on any atom is -0.480 e. The van der Waals surface area contributed by atoms with Gasteiger partial charge in [0.25, 0.3) is 0 Å².